The monoisotopic (exact) mass is 431 g/mol. The highest BCUT2D eigenvalue weighted by atomic mass is 16.2. The number of nitriles is 2. The number of anilines is 1. The van der Waals surface area contributed by atoms with E-state index in [9.17, 15) is 4.79 Å². The van der Waals surface area contributed by atoms with Gasteiger partial charge in [-0.05, 0) is 66.9 Å². The second-order valence-electron chi connectivity index (χ2n) is 7.71. The van der Waals surface area contributed by atoms with Crippen molar-refractivity contribution >= 4 is 11.6 Å². The van der Waals surface area contributed by atoms with Gasteiger partial charge in [0, 0.05) is 24.0 Å². The van der Waals surface area contributed by atoms with Gasteiger partial charge < -0.3 is 9.88 Å². The standard InChI is InChI=1S/C27H21N5O/c1-18-25(23-11-9-21(15-29)10-12-23)19(2)32(17-22-7-5-20(14-28)6-8-22)26(18)27(33)31-24-4-3-13-30-16-24/h3-13,16H,17H2,1-2H3,(H,31,33). The van der Waals surface area contributed by atoms with E-state index in [1.807, 2.05) is 42.7 Å². The van der Waals surface area contributed by atoms with Gasteiger partial charge in [0.2, 0.25) is 0 Å². The third-order valence-corrected chi connectivity index (χ3v) is 5.63. The van der Waals surface area contributed by atoms with Gasteiger partial charge >= 0.3 is 0 Å². The van der Waals surface area contributed by atoms with E-state index in [-0.39, 0.29) is 5.91 Å². The lowest BCUT2D eigenvalue weighted by Gasteiger charge is -2.13. The molecule has 33 heavy (non-hydrogen) atoms. The normalized spacial score (nSPS) is 10.3. The molecule has 6 nitrogen and oxygen atoms in total. The maximum absolute atomic E-state index is 13.4. The first kappa shape index (κ1) is 21.5. The van der Waals surface area contributed by atoms with Crippen LogP contribution in [0.25, 0.3) is 11.1 Å². The van der Waals surface area contributed by atoms with Crippen LogP contribution in [0.2, 0.25) is 0 Å². The molecule has 2 aromatic heterocycles. The molecule has 160 valence electrons. The first-order chi connectivity index (χ1) is 16.0. The molecule has 0 spiro atoms. The highest BCUT2D eigenvalue weighted by molar-refractivity contribution is 6.05. The summed E-state index contributed by atoms with van der Waals surface area (Å²) in [5, 5.41) is 21.2. The molecule has 0 aliphatic carbocycles. The maximum Gasteiger partial charge on any atom is 0.272 e. The number of benzene rings is 2. The van der Waals surface area contributed by atoms with Crippen LogP contribution in [0.1, 0.15) is 38.4 Å². The minimum Gasteiger partial charge on any atom is -0.336 e. The summed E-state index contributed by atoms with van der Waals surface area (Å²) in [6.45, 7) is 4.41. The molecular weight excluding hydrogens is 410 g/mol. The van der Waals surface area contributed by atoms with Crippen LogP contribution < -0.4 is 5.32 Å². The summed E-state index contributed by atoms with van der Waals surface area (Å²) in [6.07, 6.45) is 3.26. The lowest BCUT2D eigenvalue weighted by molar-refractivity contribution is 0.101. The molecule has 0 fully saturated rings. The molecule has 0 saturated carbocycles. The molecule has 0 unspecified atom stereocenters. The number of pyridine rings is 1. The van der Waals surface area contributed by atoms with Crippen LogP contribution in [0.4, 0.5) is 5.69 Å². The van der Waals surface area contributed by atoms with Crippen molar-refractivity contribution in [2.45, 2.75) is 20.4 Å². The number of carbonyl (C=O) groups is 1. The summed E-state index contributed by atoms with van der Waals surface area (Å²) in [7, 11) is 0. The molecule has 4 rings (SSSR count). The minimum atomic E-state index is -0.225. The quantitative estimate of drug-likeness (QED) is 0.469. The van der Waals surface area contributed by atoms with Crippen molar-refractivity contribution in [1.82, 2.24) is 9.55 Å². The predicted octanol–water partition coefficient (Wildman–Crippen LogP) is 5.21. The number of hydrogen-bond donors (Lipinski definition) is 1. The Balaban J connectivity index is 1.81. The van der Waals surface area contributed by atoms with Crippen LogP contribution in [-0.4, -0.2) is 15.5 Å². The SMILES string of the molecule is Cc1c(-c2ccc(C#N)cc2)c(C)n(Cc2ccc(C#N)cc2)c1C(=O)Nc1cccnc1. The van der Waals surface area contributed by atoms with Gasteiger partial charge in [0.25, 0.3) is 5.91 Å². The van der Waals surface area contributed by atoms with Crippen molar-refractivity contribution in [1.29, 1.82) is 10.5 Å². The second kappa shape index (κ2) is 9.21. The molecule has 4 aromatic rings. The Morgan fingerprint density at radius 1 is 0.970 bits per heavy atom. The lowest BCUT2D eigenvalue weighted by atomic mass is 10.00. The van der Waals surface area contributed by atoms with E-state index in [4.69, 9.17) is 10.5 Å². The molecule has 0 aliphatic rings. The molecule has 2 heterocycles. The molecule has 1 N–H and O–H groups in total. The molecule has 0 aliphatic heterocycles. The van der Waals surface area contributed by atoms with E-state index < -0.39 is 0 Å². The van der Waals surface area contributed by atoms with Crippen molar-refractivity contribution < 1.29 is 4.79 Å². The average Bonchev–Trinajstić information content (AvgIpc) is 3.09. The van der Waals surface area contributed by atoms with Crippen LogP contribution >= 0.6 is 0 Å². The molecule has 2 aromatic carbocycles. The summed E-state index contributed by atoms with van der Waals surface area (Å²) in [6, 6.07) is 22.6. The van der Waals surface area contributed by atoms with Gasteiger partial charge in [-0.1, -0.05) is 24.3 Å². The number of rotatable bonds is 5. The largest absolute Gasteiger partial charge is 0.336 e. The van der Waals surface area contributed by atoms with E-state index in [0.29, 0.717) is 29.1 Å². The molecule has 0 saturated heterocycles. The first-order valence-electron chi connectivity index (χ1n) is 10.4. The number of nitrogens with one attached hydrogen (secondary N) is 1. The van der Waals surface area contributed by atoms with Crippen molar-refractivity contribution in [3.63, 3.8) is 0 Å². The Bertz CT molecular complexity index is 1390. The molecule has 1 amide bonds. The molecule has 0 radical (unpaired) electrons. The van der Waals surface area contributed by atoms with E-state index in [1.54, 1.807) is 48.8 Å². The van der Waals surface area contributed by atoms with Gasteiger partial charge in [-0.25, -0.2) is 0 Å². The number of aromatic nitrogens is 2. The molecule has 0 bridgehead atoms. The average molecular weight is 431 g/mol. The van der Waals surface area contributed by atoms with Gasteiger partial charge in [-0.3, -0.25) is 9.78 Å². The number of amides is 1. The zero-order valence-corrected chi connectivity index (χ0v) is 18.3. The fourth-order valence-electron chi connectivity index (χ4n) is 4.02. The number of hydrogen-bond acceptors (Lipinski definition) is 4. The van der Waals surface area contributed by atoms with Crippen molar-refractivity contribution in [2.24, 2.45) is 0 Å². The zero-order valence-electron chi connectivity index (χ0n) is 18.3. The third kappa shape index (κ3) is 4.37. The summed E-state index contributed by atoms with van der Waals surface area (Å²) < 4.78 is 2.00. The summed E-state index contributed by atoms with van der Waals surface area (Å²) >= 11 is 0. The summed E-state index contributed by atoms with van der Waals surface area (Å²) in [4.78, 5) is 17.5. The van der Waals surface area contributed by atoms with Crippen LogP contribution in [-0.2, 0) is 6.54 Å². The Hall–Kier alpha value is -4.68. The van der Waals surface area contributed by atoms with E-state index in [2.05, 4.69) is 22.4 Å². The Morgan fingerprint density at radius 3 is 2.18 bits per heavy atom. The fourth-order valence-corrected chi connectivity index (χ4v) is 4.02. The van der Waals surface area contributed by atoms with Gasteiger partial charge in [0.15, 0.2) is 0 Å². The topological polar surface area (TPSA) is 94.5 Å². The third-order valence-electron chi connectivity index (χ3n) is 5.63. The smallest absolute Gasteiger partial charge is 0.272 e. The minimum absolute atomic E-state index is 0.225. The van der Waals surface area contributed by atoms with Crippen LogP contribution in [0.5, 0.6) is 0 Å². The van der Waals surface area contributed by atoms with Gasteiger partial charge in [0.1, 0.15) is 5.69 Å². The van der Waals surface area contributed by atoms with E-state index in [1.165, 1.54) is 0 Å². The van der Waals surface area contributed by atoms with Crippen molar-refractivity contribution in [3.05, 3.63) is 107 Å². The van der Waals surface area contributed by atoms with Crippen LogP contribution in [0, 0.1) is 36.5 Å². The maximum atomic E-state index is 13.4. The highest BCUT2D eigenvalue weighted by Gasteiger charge is 2.24. The fraction of sp³-hybridized carbons (Fsp3) is 0.111. The summed E-state index contributed by atoms with van der Waals surface area (Å²) in [5.41, 5.74) is 7.03. The number of nitrogens with zero attached hydrogens (tertiary/aromatic N) is 4. The Labute approximate surface area is 192 Å². The summed E-state index contributed by atoms with van der Waals surface area (Å²) in [5.74, 6) is -0.225. The van der Waals surface area contributed by atoms with E-state index >= 15 is 0 Å². The highest BCUT2D eigenvalue weighted by Crippen LogP contribution is 2.33. The van der Waals surface area contributed by atoms with Crippen LogP contribution in [0.15, 0.2) is 73.1 Å². The Morgan fingerprint density at radius 2 is 1.61 bits per heavy atom. The molecule has 6 heteroatoms. The Kier molecular flexibility index (Phi) is 6.02. The predicted molar refractivity (Wildman–Crippen MR) is 127 cm³/mol. The first-order valence-corrected chi connectivity index (χ1v) is 10.4. The molecular formula is C27H21N5O. The number of carbonyl (C=O) groups excluding carboxylic acids is 1. The lowest BCUT2D eigenvalue weighted by Crippen LogP contribution is -2.19. The van der Waals surface area contributed by atoms with Gasteiger partial charge in [0.05, 0.1) is 35.1 Å². The van der Waals surface area contributed by atoms with E-state index in [0.717, 1.165) is 27.9 Å². The second-order valence-corrected chi connectivity index (χ2v) is 7.71. The van der Waals surface area contributed by atoms with Crippen LogP contribution in [0.3, 0.4) is 0 Å². The van der Waals surface area contributed by atoms with Crippen molar-refractivity contribution in [3.8, 4) is 23.3 Å². The van der Waals surface area contributed by atoms with Gasteiger partial charge in [-0.15, -0.1) is 0 Å². The van der Waals surface area contributed by atoms with Crippen molar-refractivity contribution in [2.75, 3.05) is 5.32 Å². The zero-order chi connectivity index (χ0) is 23.4. The van der Waals surface area contributed by atoms with Gasteiger partial charge in [-0.2, -0.15) is 10.5 Å². The molecule has 0 atom stereocenters.